The first-order valence-electron chi connectivity index (χ1n) is 6.07. The Balaban J connectivity index is 2.45. The fraction of sp³-hybridized carbons (Fsp3) is 0.357. The summed E-state index contributed by atoms with van der Waals surface area (Å²) in [5.74, 6) is 0.681. The fourth-order valence-electron chi connectivity index (χ4n) is 2.26. The van der Waals surface area contributed by atoms with E-state index in [4.69, 9.17) is 16.3 Å². The van der Waals surface area contributed by atoms with Crippen molar-refractivity contribution >= 4 is 11.6 Å². The van der Waals surface area contributed by atoms with Crippen LogP contribution in [0.5, 0.6) is 5.75 Å². The number of hydrogen-bond acceptors (Lipinski definition) is 3. The summed E-state index contributed by atoms with van der Waals surface area (Å²) >= 11 is 6.06. The number of methoxy groups -OCH3 is 1. The number of hydrogen-bond donors (Lipinski definition) is 1. The number of rotatable bonds is 4. The average Bonchev–Trinajstić information content (AvgIpc) is 2.71. The molecule has 102 valence electrons. The van der Waals surface area contributed by atoms with Crippen molar-refractivity contribution in [1.29, 1.82) is 0 Å². The Hall–Kier alpha value is -1.52. The average molecular weight is 280 g/mol. The Bertz CT molecular complexity index is 580. The molecule has 4 nitrogen and oxygen atoms in total. The predicted octanol–water partition coefficient (Wildman–Crippen LogP) is 2.70. The Labute approximate surface area is 118 Å². The molecule has 0 fully saturated rings. The second-order valence-electron chi connectivity index (χ2n) is 4.46. The van der Waals surface area contributed by atoms with E-state index in [1.807, 2.05) is 50.1 Å². The molecular weight excluding hydrogens is 262 g/mol. The summed E-state index contributed by atoms with van der Waals surface area (Å²) in [4.78, 5) is 0. The zero-order chi connectivity index (χ0) is 14.0. The monoisotopic (exact) mass is 279 g/mol. The Morgan fingerprint density at radius 3 is 2.68 bits per heavy atom. The van der Waals surface area contributed by atoms with Crippen LogP contribution in [-0.4, -0.2) is 23.9 Å². The first-order chi connectivity index (χ1) is 9.06. The molecule has 0 amide bonds. The van der Waals surface area contributed by atoms with Gasteiger partial charge < -0.3 is 10.1 Å². The van der Waals surface area contributed by atoms with E-state index < -0.39 is 0 Å². The van der Waals surface area contributed by atoms with Crippen LogP contribution < -0.4 is 10.1 Å². The van der Waals surface area contributed by atoms with E-state index >= 15 is 0 Å². The number of nitrogens with zero attached hydrogens (tertiary/aromatic N) is 2. The Morgan fingerprint density at radius 1 is 1.42 bits per heavy atom. The number of aryl methyl sites for hydroxylation is 2. The van der Waals surface area contributed by atoms with E-state index in [2.05, 4.69) is 10.4 Å². The van der Waals surface area contributed by atoms with Gasteiger partial charge in [0.15, 0.2) is 0 Å². The van der Waals surface area contributed by atoms with Crippen LogP contribution in [0.3, 0.4) is 0 Å². The van der Waals surface area contributed by atoms with Crippen LogP contribution in [0.25, 0.3) is 0 Å². The maximum atomic E-state index is 6.06. The van der Waals surface area contributed by atoms with E-state index in [-0.39, 0.29) is 6.04 Å². The fourth-order valence-corrected chi connectivity index (χ4v) is 2.45. The van der Waals surface area contributed by atoms with Crippen LogP contribution in [0.4, 0.5) is 0 Å². The second kappa shape index (κ2) is 5.63. The third-order valence-electron chi connectivity index (χ3n) is 3.16. The molecule has 1 aromatic carbocycles. The first kappa shape index (κ1) is 13.9. The molecule has 0 aliphatic heterocycles. The highest BCUT2D eigenvalue weighted by atomic mass is 35.5. The summed E-state index contributed by atoms with van der Waals surface area (Å²) in [5, 5.41) is 8.31. The summed E-state index contributed by atoms with van der Waals surface area (Å²) in [5.41, 5.74) is 3.25. The van der Waals surface area contributed by atoms with E-state index in [0.717, 1.165) is 16.8 Å². The van der Waals surface area contributed by atoms with Gasteiger partial charge in [-0.3, -0.25) is 4.68 Å². The number of halogens is 1. The minimum atomic E-state index is 0.0693. The molecule has 0 aliphatic carbocycles. The van der Waals surface area contributed by atoms with Crippen LogP contribution in [0.1, 0.15) is 22.9 Å². The van der Waals surface area contributed by atoms with Gasteiger partial charge in [0.2, 0.25) is 0 Å². The lowest BCUT2D eigenvalue weighted by molar-refractivity contribution is 0.414. The third kappa shape index (κ3) is 2.74. The molecule has 2 aromatic rings. The van der Waals surface area contributed by atoms with Crippen molar-refractivity contribution in [1.82, 2.24) is 15.1 Å². The zero-order valence-electron chi connectivity index (χ0n) is 11.6. The van der Waals surface area contributed by atoms with Gasteiger partial charge in [-0.15, -0.1) is 0 Å². The van der Waals surface area contributed by atoms with Crippen LogP contribution in [0.2, 0.25) is 5.02 Å². The maximum Gasteiger partial charge on any atom is 0.137 e. The van der Waals surface area contributed by atoms with E-state index in [9.17, 15) is 0 Å². The van der Waals surface area contributed by atoms with E-state index in [1.165, 1.54) is 0 Å². The largest absolute Gasteiger partial charge is 0.495 e. The summed E-state index contributed by atoms with van der Waals surface area (Å²) < 4.78 is 7.09. The summed E-state index contributed by atoms with van der Waals surface area (Å²) in [7, 11) is 5.47. The van der Waals surface area contributed by atoms with Crippen LogP contribution in [0, 0.1) is 6.92 Å². The molecule has 1 aromatic heterocycles. The Kier molecular flexibility index (Phi) is 4.12. The van der Waals surface area contributed by atoms with Gasteiger partial charge in [-0.2, -0.15) is 5.10 Å². The lowest BCUT2D eigenvalue weighted by Gasteiger charge is -2.17. The van der Waals surface area contributed by atoms with Crippen LogP contribution in [0.15, 0.2) is 24.4 Å². The van der Waals surface area contributed by atoms with Crippen molar-refractivity contribution < 1.29 is 4.74 Å². The van der Waals surface area contributed by atoms with Gasteiger partial charge in [-0.05, 0) is 31.7 Å². The standard InChI is InChI=1S/C14H18ClN3O/c1-9-11(8-18(3)17-9)14(16-2)10-5-6-12(15)13(7-10)19-4/h5-8,14,16H,1-4H3. The molecule has 0 spiro atoms. The van der Waals surface area contributed by atoms with Crippen LogP contribution in [-0.2, 0) is 7.05 Å². The third-order valence-corrected chi connectivity index (χ3v) is 3.47. The number of ether oxygens (including phenoxy) is 1. The highest BCUT2D eigenvalue weighted by Crippen LogP contribution is 2.31. The van der Waals surface area contributed by atoms with Gasteiger partial charge in [0, 0.05) is 18.8 Å². The highest BCUT2D eigenvalue weighted by Gasteiger charge is 2.18. The topological polar surface area (TPSA) is 39.1 Å². The van der Waals surface area contributed by atoms with E-state index in [0.29, 0.717) is 10.8 Å². The minimum absolute atomic E-state index is 0.0693. The summed E-state index contributed by atoms with van der Waals surface area (Å²) in [6.07, 6.45) is 2.03. The highest BCUT2D eigenvalue weighted by molar-refractivity contribution is 6.32. The molecule has 19 heavy (non-hydrogen) atoms. The molecule has 2 rings (SSSR count). The molecule has 1 heterocycles. The smallest absolute Gasteiger partial charge is 0.137 e. The molecule has 1 N–H and O–H groups in total. The summed E-state index contributed by atoms with van der Waals surface area (Å²) in [6, 6.07) is 5.88. The molecule has 0 saturated carbocycles. The van der Waals surface area contributed by atoms with Gasteiger partial charge in [-0.25, -0.2) is 0 Å². The predicted molar refractivity (Wildman–Crippen MR) is 76.9 cm³/mol. The Morgan fingerprint density at radius 2 is 2.16 bits per heavy atom. The molecule has 0 bridgehead atoms. The molecule has 1 atom stereocenters. The minimum Gasteiger partial charge on any atom is -0.495 e. The van der Waals surface area contributed by atoms with Crippen molar-refractivity contribution in [3.63, 3.8) is 0 Å². The molecule has 1 unspecified atom stereocenters. The van der Waals surface area contributed by atoms with Gasteiger partial charge in [0.05, 0.1) is 23.9 Å². The van der Waals surface area contributed by atoms with Gasteiger partial charge in [0.25, 0.3) is 0 Å². The van der Waals surface area contributed by atoms with Crippen molar-refractivity contribution in [3.05, 3.63) is 46.2 Å². The van der Waals surface area contributed by atoms with Crippen LogP contribution >= 0.6 is 11.6 Å². The van der Waals surface area contributed by atoms with Crippen molar-refractivity contribution in [2.24, 2.45) is 7.05 Å². The molecule has 0 aliphatic rings. The van der Waals surface area contributed by atoms with Crippen molar-refractivity contribution in [2.75, 3.05) is 14.2 Å². The van der Waals surface area contributed by atoms with Gasteiger partial charge >= 0.3 is 0 Å². The number of aromatic nitrogens is 2. The zero-order valence-corrected chi connectivity index (χ0v) is 12.3. The second-order valence-corrected chi connectivity index (χ2v) is 4.87. The maximum absolute atomic E-state index is 6.06. The number of benzene rings is 1. The van der Waals surface area contributed by atoms with Gasteiger partial charge in [-0.1, -0.05) is 17.7 Å². The SMILES string of the molecule is CNC(c1ccc(Cl)c(OC)c1)c1cn(C)nc1C. The van der Waals surface area contributed by atoms with Crippen molar-refractivity contribution in [3.8, 4) is 5.75 Å². The number of nitrogens with one attached hydrogen (secondary N) is 1. The van der Waals surface area contributed by atoms with Crippen molar-refractivity contribution in [2.45, 2.75) is 13.0 Å². The normalized spacial score (nSPS) is 12.5. The summed E-state index contributed by atoms with van der Waals surface area (Å²) in [6.45, 7) is 2.01. The lowest BCUT2D eigenvalue weighted by Crippen LogP contribution is -2.18. The van der Waals surface area contributed by atoms with E-state index in [1.54, 1.807) is 7.11 Å². The quantitative estimate of drug-likeness (QED) is 0.935. The molecule has 0 radical (unpaired) electrons. The van der Waals surface area contributed by atoms with Gasteiger partial charge in [0.1, 0.15) is 5.75 Å². The molecule has 0 saturated heterocycles. The molecule has 5 heteroatoms. The molecular formula is C14H18ClN3O. The first-order valence-corrected chi connectivity index (χ1v) is 6.45. The lowest BCUT2D eigenvalue weighted by atomic mass is 9.99.